The van der Waals surface area contributed by atoms with Crippen LogP contribution in [0.25, 0.3) is 12.2 Å². The van der Waals surface area contributed by atoms with Gasteiger partial charge in [0, 0.05) is 39.3 Å². The minimum atomic E-state index is -0.383. The Morgan fingerprint density at radius 2 is 1.02 bits per heavy atom. The number of hydrogen-bond acceptors (Lipinski definition) is 12. The molecule has 0 bridgehead atoms. The minimum Gasteiger partial charge on any atom is -0.490 e. The van der Waals surface area contributed by atoms with Gasteiger partial charge in [0.25, 0.3) is 0 Å². The summed E-state index contributed by atoms with van der Waals surface area (Å²) in [5, 5.41) is 6.40. The Morgan fingerprint density at radius 3 is 1.39 bits per heavy atom. The number of ketones is 2. The average molecular weight is 681 g/mol. The molecule has 0 fully saturated rings. The number of likely N-dealkylation sites (N-methyl/N-ethyl adjacent to an activating group) is 2. The van der Waals surface area contributed by atoms with Crippen LogP contribution < -0.4 is 29.6 Å². The molecule has 2 rings (SSSR count). The van der Waals surface area contributed by atoms with E-state index < -0.39 is 0 Å². The van der Waals surface area contributed by atoms with Crippen LogP contribution in [0.4, 0.5) is 0 Å². The van der Waals surface area contributed by atoms with Crippen LogP contribution in [0.1, 0.15) is 44.2 Å². The first kappa shape index (κ1) is 40.8. The average Bonchev–Trinajstić information content (AvgIpc) is 3.04. The van der Waals surface area contributed by atoms with E-state index in [-0.39, 0.29) is 42.8 Å². The Bertz CT molecular complexity index is 1320. The van der Waals surface area contributed by atoms with E-state index in [4.69, 9.17) is 18.9 Å². The molecule has 2 N–H and O–H groups in total. The third-order valence-electron chi connectivity index (χ3n) is 6.74. The zero-order chi connectivity index (χ0) is 36.0. The second-order valence-corrected chi connectivity index (χ2v) is 11.6. The summed E-state index contributed by atoms with van der Waals surface area (Å²) in [7, 11) is 7.93. The van der Waals surface area contributed by atoms with Gasteiger partial charge in [-0.15, -0.1) is 0 Å². The Hall–Kier alpha value is -4.36. The van der Waals surface area contributed by atoms with Crippen LogP contribution >= 0.6 is 0 Å². The number of allylic oxidation sites excluding steroid dienone is 2. The summed E-state index contributed by atoms with van der Waals surface area (Å²) in [6, 6.07) is 9.99. The SMILES string of the molecule is CCOc1cc(/C=C/C(=O)CC(=O)/C=C/c2ccc(OC(=O)CCNCCN(C)C)c(OCC)c2)ccc1OC(=O)CCNCCN(C)C. The van der Waals surface area contributed by atoms with Crippen molar-refractivity contribution in [3.8, 4) is 23.0 Å². The van der Waals surface area contributed by atoms with Crippen molar-refractivity contribution in [2.45, 2.75) is 33.1 Å². The van der Waals surface area contributed by atoms with Crippen molar-refractivity contribution in [1.29, 1.82) is 0 Å². The molecular formula is C37H52N4O8. The highest BCUT2D eigenvalue weighted by molar-refractivity contribution is 6.10. The van der Waals surface area contributed by atoms with Gasteiger partial charge in [-0.1, -0.05) is 24.3 Å². The molecule has 0 saturated carbocycles. The van der Waals surface area contributed by atoms with Gasteiger partial charge in [-0.25, -0.2) is 0 Å². The first-order valence-electron chi connectivity index (χ1n) is 16.6. The Kier molecular flexibility index (Phi) is 19.2. The van der Waals surface area contributed by atoms with Crippen molar-refractivity contribution < 1.29 is 38.1 Å². The molecule has 0 aliphatic heterocycles. The number of benzene rings is 2. The van der Waals surface area contributed by atoms with E-state index >= 15 is 0 Å². The Balaban J connectivity index is 1.92. The fraction of sp³-hybridized carbons (Fsp3) is 0.459. The molecule has 2 aromatic rings. The fourth-order valence-corrected chi connectivity index (χ4v) is 4.21. The number of nitrogens with one attached hydrogen (secondary N) is 2. The predicted octanol–water partition coefficient (Wildman–Crippen LogP) is 3.63. The van der Waals surface area contributed by atoms with Crippen LogP contribution in [0.2, 0.25) is 0 Å². The largest absolute Gasteiger partial charge is 0.490 e. The summed E-state index contributed by atoms with van der Waals surface area (Å²) < 4.78 is 22.3. The summed E-state index contributed by atoms with van der Waals surface area (Å²) in [4.78, 5) is 53.8. The molecule has 2 aromatic carbocycles. The van der Waals surface area contributed by atoms with Gasteiger partial charge in [0.1, 0.15) is 0 Å². The summed E-state index contributed by atoms with van der Waals surface area (Å²) in [5.41, 5.74) is 1.30. The van der Waals surface area contributed by atoms with Crippen LogP contribution in [-0.4, -0.2) is 114 Å². The normalized spacial score (nSPS) is 11.4. The summed E-state index contributed by atoms with van der Waals surface area (Å²) in [5.74, 6) is -0.165. The smallest absolute Gasteiger partial charge is 0.312 e. The highest BCUT2D eigenvalue weighted by atomic mass is 16.6. The van der Waals surface area contributed by atoms with E-state index in [2.05, 4.69) is 20.4 Å². The van der Waals surface area contributed by atoms with Crippen LogP contribution in [0.3, 0.4) is 0 Å². The number of carbonyl (C=O) groups excluding carboxylic acids is 4. The molecule has 268 valence electrons. The second-order valence-electron chi connectivity index (χ2n) is 11.6. The zero-order valence-corrected chi connectivity index (χ0v) is 29.7. The molecule has 0 amide bonds. The van der Waals surface area contributed by atoms with Gasteiger partial charge in [-0.3, -0.25) is 19.2 Å². The quantitative estimate of drug-likeness (QED) is 0.0551. The van der Waals surface area contributed by atoms with E-state index in [1.807, 2.05) is 42.0 Å². The van der Waals surface area contributed by atoms with Crippen LogP contribution in [-0.2, 0) is 19.2 Å². The first-order chi connectivity index (χ1) is 23.5. The predicted molar refractivity (Wildman–Crippen MR) is 191 cm³/mol. The molecule has 0 unspecified atom stereocenters. The Labute approximate surface area is 290 Å². The highest BCUT2D eigenvalue weighted by Gasteiger charge is 2.13. The standard InChI is InChI=1S/C37H52N4O8/c1-7-46-34-25-28(11-15-32(34)48-36(44)17-19-38-21-23-40(3)4)9-13-30(42)27-31(43)14-10-29-12-16-33(35(26-29)47-8-2)49-37(45)18-20-39-22-24-41(5)6/h9-16,25-26,38-39H,7-8,17-24,27H2,1-6H3/b13-9+,14-10+. The van der Waals surface area contributed by atoms with Crippen molar-refractivity contribution >= 4 is 35.7 Å². The maximum atomic E-state index is 12.5. The van der Waals surface area contributed by atoms with Gasteiger partial charge in [0.15, 0.2) is 34.6 Å². The third kappa shape index (κ3) is 17.6. The monoisotopic (exact) mass is 680 g/mol. The first-order valence-corrected chi connectivity index (χ1v) is 16.6. The van der Waals surface area contributed by atoms with Crippen LogP contribution in [0.5, 0.6) is 23.0 Å². The van der Waals surface area contributed by atoms with Gasteiger partial charge in [-0.2, -0.15) is 0 Å². The van der Waals surface area contributed by atoms with Crippen molar-refractivity contribution in [3.63, 3.8) is 0 Å². The molecule has 12 heteroatoms. The maximum absolute atomic E-state index is 12.5. The third-order valence-corrected chi connectivity index (χ3v) is 6.74. The van der Waals surface area contributed by atoms with Crippen LogP contribution in [0, 0.1) is 0 Å². The molecule has 0 aromatic heterocycles. The molecule has 0 atom stereocenters. The highest BCUT2D eigenvalue weighted by Crippen LogP contribution is 2.30. The van der Waals surface area contributed by atoms with E-state index in [0.717, 1.165) is 26.2 Å². The van der Waals surface area contributed by atoms with Gasteiger partial charge in [0.05, 0.1) is 32.5 Å². The zero-order valence-electron chi connectivity index (χ0n) is 29.7. The van der Waals surface area contributed by atoms with Gasteiger partial charge in [-0.05, 0) is 89.6 Å². The summed E-state index contributed by atoms with van der Waals surface area (Å²) >= 11 is 0. The van der Waals surface area contributed by atoms with E-state index in [1.165, 1.54) is 12.2 Å². The van der Waals surface area contributed by atoms with E-state index in [1.54, 1.807) is 48.6 Å². The molecule has 12 nitrogen and oxygen atoms in total. The van der Waals surface area contributed by atoms with Crippen molar-refractivity contribution in [1.82, 2.24) is 20.4 Å². The topological polar surface area (TPSA) is 136 Å². The van der Waals surface area contributed by atoms with Gasteiger partial charge >= 0.3 is 11.9 Å². The van der Waals surface area contributed by atoms with Crippen molar-refractivity contribution in [3.05, 3.63) is 59.7 Å². The van der Waals surface area contributed by atoms with Crippen LogP contribution in [0.15, 0.2) is 48.6 Å². The van der Waals surface area contributed by atoms with Gasteiger partial charge in [0.2, 0.25) is 0 Å². The number of ether oxygens (including phenoxy) is 4. The summed E-state index contributed by atoms with van der Waals surface area (Å²) in [6.07, 6.45) is 5.92. The number of nitrogens with zero attached hydrogens (tertiary/aromatic N) is 2. The molecule has 0 radical (unpaired) electrons. The summed E-state index contributed by atoms with van der Waals surface area (Å²) in [6.45, 7) is 8.64. The van der Waals surface area contributed by atoms with Crippen molar-refractivity contribution in [2.24, 2.45) is 0 Å². The number of carbonyl (C=O) groups is 4. The molecular weight excluding hydrogens is 628 g/mol. The molecule has 0 saturated heterocycles. The van der Waals surface area contributed by atoms with E-state index in [0.29, 0.717) is 60.4 Å². The Morgan fingerprint density at radius 1 is 0.612 bits per heavy atom. The van der Waals surface area contributed by atoms with E-state index in [9.17, 15) is 19.2 Å². The lowest BCUT2D eigenvalue weighted by atomic mass is 10.1. The number of hydrogen-bond donors (Lipinski definition) is 2. The van der Waals surface area contributed by atoms with Crippen molar-refractivity contribution in [2.75, 3.05) is 80.7 Å². The minimum absolute atomic E-state index is 0.210. The molecule has 0 aliphatic rings. The number of esters is 2. The molecule has 49 heavy (non-hydrogen) atoms. The second kappa shape index (κ2) is 23.1. The van der Waals surface area contributed by atoms with Gasteiger partial charge < -0.3 is 39.4 Å². The molecule has 0 spiro atoms. The lowest BCUT2D eigenvalue weighted by Crippen LogP contribution is -2.28. The lowest BCUT2D eigenvalue weighted by molar-refractivity contribution is -0.135. The lowest BCUT2D eigenvalue weighted by Gasteiger charge is -2.12. The number of rotatable bonds is 24. The maximum Gasteiger partial charge on any atom is 0.312 e. The molecule has 0 aliphatic carbocycles. The molecule has 0 heterocycles. The fourth-order valence-electron chi connectivity index (χ4n) is 4.21.